The number of aromatic nitrogens is 1. The largest absolute Gasteiger partial charge is 0.482 e. The van der Waals surface area contributed by atoms with Gasteiger partial charge in [0.1, 0.15) is 22.9 Å². The zero-order chi connectivity index (χ0) is 26.1. The molecule has 0 spiro atoms. The Kier molecular flexibility index (Phi) is 7.36. The molecule has 0 amide bonds. The molecule has 0 aliphatic carbocycles. The second-order valence-electron chi connectivity index (χ2n) is 10.9. The summed E-state index contributed by atoms with van der Waals surface area (Å²) in [5, 5.41) is 18.0. The van der Waals surface area contributed by atoms with Gasteiger partial charge in [-0.3, -0.25) is 10.2 Å². The summed E-state index contributed by atoms with van der Waals surface area (Å²) in [6, 6.07) is 7.04. The topological polar surface area (TPSA) is 113 Å². The number of carbonyl (C=O) groups is 2. The number of amidine groups is 1. The Balaban J connectivity index is 1.76. The minimum atomic E-state index is -0.597. The minimum absolute atomic E-state index is 0.0321. The van der Waals surface area contributed by atoms with Crippen LogP contribution >= 0.6 is 0 Å². The van der Waals surface area contributed by atoms with Gasteiger partial charge in [-0.1, -0.05) is 20.8 Å². The molecule has 1 aliphatic rings. The molecule has 8 heteroatoms. The Bertz CT molecular complexity index is 1160. The van der Waals surface area contributed by atoms with Gasteiger partial charge in [0.25, 0.3) is 0 Å². The number of benzene rings is 1. The number of nitrogens with one attached hydrogen (secondary N) is 1. The van der Waals surface area contributed by atoms with Crippen LogP contribution in [0.1, 0.15) is 80.0 Å². The molecule has 2 heterocycles. The zero-order valence-electron chi connectivity index (χ0n) is 21.6. The Morgan fingerprint density at radius 1 is 1.14 bits per heavy atom. The Labute approximate surface area is 206 Å². The van der Waals surface area contributed by atoms with Crippen molar-refractivity contribution in [3.05, 3.63) is 57.9 Å². The van der Waals surface area contributed by atoms with Gasteiger partial charge in [0.2, 0.25) is 0 Å². The number of esters is 1. The number of aliphatic hydroxyl groups is 1. The van der Waals surface area contributed by atoms with Gasteiger partial charge in [0.15, 0.2) is 12.4 Å². The molecule has 2 N–H and O–H groups in total. The second kappa shape index (κ2) is 9.77. The highest BCUT2D eigenvalue weighted by atomic mass is 16.6. The van der Waals surface area contributed by atoms with Gasteiger partial charge in [-0.2, -0.15) is 0 Å². The number of carbonyl (C=O) groups excluding carboxylic acids is 2. The maximum Gasteiger partial charge on any atom is 0.344 e. The highest BCUT2D eigenvalue weighted by Gasteiger charge is 2.29. The van der Waals surface area contributed by atoms with Gasteiger partial charge in [0, 0.05) is 28.9 Å². The third-order valence-electron chi connectivity index (χ3n) is 5.68. The van der Waals surface area contributed by atoms with Gasteiger partial charge in [-0.25, -0.2) is 9.78 Å². The first-order valence-corrected chi connectivity index (χ1v) is 11.7. The van der Waals surface area contributed by atoms with Gasteiger partial charge in [-0.15, -0.1) is 0 Å². The van der Waals surface area contributed by atoms with Crippen LogP contribution in [0.15, 0.2) is 24.3 Å². The molecular formula is C27H35N3O5. The van der Waals surface area contributed by atoms with Crippen LogP contribution in [0.5, 0.6) is 5.75 Å². The number of rotatable bonds is 7. The number of hydrogen-bond donors (Lipinski definition) is 2. The van der Waals surface area contributed by atoms with Crippen molar-refractivity contribution in [2.45, 2.75) is 72.6 Å². The van der Waals surface area contributed by atoms with E-state index in [9.17, 15) is 14.7 Å². The van der Waals surface area contributed by atoms with Gasteiger partial charge >= 0.3 is 5.97 Å². The molecular weight excluding hydrogens is 446 g/mol. The van der Waals surface area contributed by atoms with Crippen molar-refractivity contribution in [2.24, 2.45) is 0 Å². The van der Waals surface area contributed by atoms with Crippen LogP contribution in [0.3, 0.4) is 0 Å². The van der Waals surface area contributed by atoms with E-state index in [0.717, 1.165) is 16.7 Å². The van der Waals surface area contributed by atoms with E-state index in [4.69, 9.17) is 14.9 Å². The molecule has 2 aromatic rings. The fourth-order valence-corrected chi connectivity index (χ4v) is 3.94. The number of ether oxygens (including phenoxy) is 2. The maximum atomic E-state index is 13.2. The fourth-order valence-electron chi connectivity index (χ4n) is 3.94. The molecule has 8 nitrogen and oxygen atoms in total. The zero-order valence-corrected chi connectivity index (χ0v) is 21.6. The average molecular weight is 482 g/mol. The van der Waals surface area contributed by atoms with E-state index in [-0.39, 0.29) is 36.8 Å². The molecule has 35 heavy (non-hydrogen) atoms. The first-order chi connectivity index (χ1) is 16.2. The fraction of sp³-hybridized carbons (Fsp3) is 0.481. The monoisotopic (exact) mass is 481 g/mol. The summed E-state index contributed by atoms with van der Waals surface area (Å²) in [5.74, 6) is 0.135. The van der Waals surface area contributed by atoms with Gasteiger partial charge in [-0.05, 0) is 62.9 Å². The molecule has 0 saturated heterocycles. The third-order valence-corrected chi connectivity index (χ3v) is 5.68. The van der Waals surface area contributed by atoms with E-state index in [2.05, 4.69) is 4.98 Å². The van der Waals surface area contributed by atoms with Crippen LogP contribution in [0.2, 0.25) is 0 Å². The van der Waals surface area contributed by atoms with E-state index in [0.29, 0.717) is 29.2 Å². The van der Waals surface area contributed by atoms with E-state index in [1.807, 2.05) is 26.8 Å². The Morgan fingerprint density at radius 3 is 2.43 bits per heavy atom. The van der Waals surface area contributed by atoms with Crippen LogP contribution in [-0.4, -0.2) is 51.3 Å². The standard InChI is InChI=1S/C27H35N3O5/c1-16-19(14-31)10-18-12-30(25(28)24(18)29-16)13-21(32)17-8-9-22(20(11-17)26(2,3)4)34-15-23(33)35-27(5,6)7/h8-11,28,31H,12-15H2,1-7H3. The van der Waals surface area contributed by atoms with E-state index in [1.54, 1.807) is 50.8 Å². The average Bonchev–Trinajstić information content (AvgIpc) is 3.04. The van der Waals surface area contributed by atoms with Crippen molar-refractivity contribution < 1.29 is 24.2 Å². The molecule has 1 aromatic carbocycles. The van der Waals surface area contributed by atoms with Gasteiger partial charge < -0.3 is 19.5 Å². The first-order valence-electron chi connectivity index (χ1n) is 11.7. The van der Waals surface area contributed by atoms with Gasteiger partial charge in [0.05, 0.1) is 13.2 Å². The molecule has 0 unspecified atom stereocenters. The summed E-state index contributed by atoms with van der Waals surface area (Å²) in [5.41, 5.74) is 3.16. The summed E-state index contributed by atoms with van der Waals surface area (Å²) < 4.78 is 11.1. The second-order valence-corrected chi connectivity index (χ2v) is 10.9. The lowest BCUT2D eigenvalue weighted by Crippen LogP contribution is -2.30. The molecule has 1 aromatic heterocycles. The number of nitrogens with zero attached hydrogens (tertiary/aromatic N) is 2. The van der Waals surface area contributed by atoms with Crippen molar-refractivity contribution in [2.75, 3.05) is 13.2 Å². The quantitative estimate of drug-likeness (QED) is 0.455. The number of aryl methyl sites for hydroxylation is 1. The number of ketones is 1. The molecule has 0 fully saturated rings. The van der Waals surface area contributed by atoms with Crippen LogP contribution in [0.25, 0.3) is 0 Å². The number of aliphatic hydroxyl groups excluding tert-OH is 1. The van der Waals surface area contributed by atoms with Crippen molar-refractivity contribution in [3.8, 4) is 5.75 Å². The highest BCUT2D eigenvalue weighted by Crippen LogP contribution is 2.33. The Morgan fingerprint density at radius 2 is 1.83 bits per heavy atom. The van der Waals surface area contributed by atoms with E-state index < -0.39 is 11.6 Å². The lowest BCUT2D eigenvalue weighted by Gasteiger charge is -2.25. The predicted molar refractivity (Wildman–Crippen MR) is 133 cm³/mol. The molecule has 1 aliphatic heterocycles. The molecule has 0 atom stereocenters. The molecule has 3 rings (SSSR count). The number of hydrogen-bond acceptors (Lipinski definition) is 7. The minimum Gasteiger partial charge on any atom is -0.482 e. The van der Waals surface area contributed by atoms with Crippen LogP contribution in [-0.2, 0) is 28.1 Å². The predicted octanol–water partition coefficient (Wildman–Crippen LogP) is 3.92. The number of pyridine rings is 1. The highest BCUT2D eigenvalue weighted by molar-refractivity contribution is 6.04. The van der Waals surface area contributed by atoms with E-state index in [1.165, 1.54) is 0 Å². The van der Waals surface area contributed by atoms with Crippen LogP contribution < -0.4 is 4.74 Å². The van der Waals surface area contributed by atoms with Crippen LogP contribution in [0, 0.1) is 12.3 Å². The molecule has 0 radical (unpaired) electrons. The van der Waals surface area contributed by atoms with Crippen molar-refractivity contribution in [1.29, 1.82) is 5.41 Å². The summed E-state index contributed by atoms with van der Waals surface area (Å²) in [7, 11) is 0. The SMILES string of the molecule is Cc1nc2c(cc1CO)CN(CC(=O)c1ccc(OCC(=O)OC(C)(C)C)c(C(C)(C)C)c1)C2=N. The van der Waals surface area contributed by atoms with Crippen LogP contribution in [0.4, 0.5) is 0 Å². The lowest BCUT2D eigenvalue weighted by atomic mass is 9.85. The normalized spacial score (nSPS) is 13.6. The van der Waals surface area contributed by atoms with Crippen molar-refractivity contribution in [3.63, 3.8) is 0 Å². The van der Waals surface area contributed by atoms with Crippen molar-refractivity contribution in [1.82, 2.24) is 9.88 Å². The first kappa shape index (κ1) is 26.3. The lowest BCUT2D eigenvalue weighted by molar-refractivity contribution is -0.157. The maximum absolute atomic E-state index is 13.2. The summed E-state index contributed by atoms with van der Waals surface area (Å²) in [6.07, 6.45) is 0. The van der Waals surface area contributed by atoms with E-state index >= 15 is 0 Å². The molecule has 0 saturated carbocycles. The summed E-state index contributed by atoms with van der Waals surface area (Å²) in [6.45, 7) is 13.3. The summed E-state index contributed by atoms with van der Waals surface area (Å²) in [4.78, 5) is 31.4. The third kappa shape index (κ3) is 6.25. The number of fused-ring (bicyclic) bond motifs is 1. The summed E-state index contributed by atoms with van der Waals surface area (Å²) >= 11 is 0. The smallest absolute Gasteiger partial charge is 0.344 e. The van der Waals surface area contributed by atoms with Crippen molar-refractivity contribution >= 4 is 17.6 Å². The Hall–Kier alpha value is -3.26. The molecule has 188 valence electrons. The number of Topliss-reactive ketones (excluding diaryl/α,β-unsaturated/α-hetero) is 1. The molecule has 0 bridgehead atoms.